The van der Waals surface area contributed by atoms with Crippen molar-refractivity contribution in [2.75, 3.05) is 0 Å². The lowest BCUT2D eigenvalue weighted by Gasteiger charge is -2.24. The highest BCUT2D eigenvalue weighted by Gasteiger charge is 2.24. The van der Waals surface area contributed by atoms with Crippen molar-refractivity contribution in [3.8, 4) is 0 Å². The van der Waals surface area contributed by atoms with E-state index in [1.165, 1.54) is 44.9 Å². The number of carboxylic acid groups (broad SMARTS) is 1. The molecule has 23 heavy (non-hydrogen) atoms. The van der Waals surface area contributed by atoms with Crippen molar-refractivity contribution in [2.45, 2.75) is 110 Å². The number of carboxylic acids is 1. The summed E-state index contributed by atoms with van der Waals surface area (Å²) in [4.78, 5) is 21.3. The second-order valence-corrected chi connectivity index (χ2v) is 7.34. The van der Waals surface area contributed by atoms with Gasteiger partial charge in [-0.15, -0.1) is 0 Å². The molecule has 4 heteroatoms. The summed E-state index contributed by atoms with van der Waals surface area (Å²) in [5.74, 6) is -0.852. The molecule has 0 aromatic rings. The Labute approximate surface area is 142 Å². The largest absolute Gasteiger partial charge is 0.479 e. The van der Waals surface area contributed by atoms with Crippen LogP contribution in [0.4, 0.5) is 0 Å². The van der Waals surface area contributed by atoms with Crippen molar-refractivity contribution in [1.82, 2.24) is 0 Å². The third-order valence-corrected chi connectivity index (χ3v) is 3.81. The quantitative estimate of drug-likeness (QED) is 0.334. The van der Waals surface area contributed by atoms with Crippen molar-refractivity contribution >= 4 is 12.3 Å². The maximum absolute atomic E-state index is 11.2. The molecule has 0 aliphatic carbocycles. The van der Waals surface area contributed by atoms with E-state index in [4.69, 9.17) is 9.84 Å². The molecule has 0 aliphatic heterocycles. The summed E-state index contributed by atoms with van der Waals surface area (Å²) in [6.07, 6.45) is 13.3. The Morgan fingerprint density at radius 2 is 1.35 bits per heavy atom. The average molecular weight is 328 g/mol. The average Bonchev–Trinajstić information content (AvgIpc) is 2.45. The smallest absolute Gasteiger partial charge is 0.332 e. The van der Waals surface area contributed by atoms with Gasteiger partial charge in [0.1, 0.15) is 6.29 Å². The summed E-state index contributed by atoms with van der Waals surface area (Å²) in [5.41, 5.74) is -0.408. The van der Waals surface area contributed by atoms with Crippen LogP contribution in [-0.2, 0) is 14.3 Å². The van der Waals surface area contributed by atoms with Crippen molar-refractivity contribution in [3.63, 3.8) is 0 Å². The van der Waals surface area contributed by atoms with Crippen LogP contribution in [0.25, 0.3) is 0 Å². The highest BCUT2D eigenvalue weighted by atomic mass is 16.5. The topological polar surface area (TPSA) is 63.6 Å². The number of ether oxygens (including phenoxy) is 1. The molecule has 0 radical (unpaired) electrons. The van der Waals surface area contributed by atoms with Gasteiger partial charge >= 0.3 is 5.97 Å². The summed E-state index contributed by atoms with van der Waals surface area (Å²) in [6, 6.07) is 0. The van der Waals surface area contributed by atoms with E-state index in [0.717, 1.165) is 25.5 Å². The maximum Gasteiger partial charge on any atom is 0.332 e. The SMILES string of the molecule is CC(C)(C)OC(CCCCCCCCCCCCC=O)C(=O)O. The van der Waals surface area contributed by atoms with E-state index >= 15 is 0 Å². The van der Waals surface area contributed by atoms with Crippen LogP contribution in [0.15, 0.2) is 0 Å². The minimum Gasteiger partial charge on any atom is -0.479 e. The Morgan fingerprint density at radius 1 is 0.913 bits per heavy atom. The van der Waals surface area contributed by atoms with Gasteiger partial charge in [-0.25, -0.2) is 4.79 Å². The first kappa shape index (κ1) is 22.1. The van der Waals surface area contributed by atoms with Gasteiger partial charge in [-0.05, 0) is 33.6 Å². The zero-order chi connectivity index (χ0) is 17.6. The number of hydrogen-bond acceptors (Lipinski definition) is 3. The standard InChI is InChI=1S/C19H36O4/c1-19(2,3)23-17(18(21)22)15-13-11-9-7-5-4-6-8-10-12-14-16-20/h16-17H,4-15H2,1-3H3,(H,21,22). The molecule has 0 saturated carbocycles. The zero-order valence-corrected chi connectivity index (χ0v) is 15.3. The number of rotatable bonds is 15. The lowest BCUT2D eigenvalue weighted by Crippen LogP contribution is -2.33. The fraction of sp³-hybridized carbons (Fsp3) is 0.895. The van der Waals surface area contributed by atoms with Crippen molar-refractivity contribution in [1.29, 1.82) is 0 Å². The van der Waals surface area contributed by atoms with Crippen LogP contribution >= 0.6 is 0 Å². The lowest BCUT2D eigenvalue weighted by molar-refractivity contribution is -0.160. The minimum absolute atomic E-state index is 0.408. The van der Waals surface area contributed by atoms with Crippen LogP contribution in [0.1, 0.15) is 97.8 Å². The molecule has 0 aromatic carbocycles. The van der Waals surface area contributed by atoms with E-state index in [1.807, 2.05) is 20.8 Å². The fourth-order valence-corrected chi connectivity index (χ4v) is 2.63. The molecular weight excluding hydrogens is 292 g/mol. The van der Waals surface area contributed by atoms with Crippen molar-refractivity contribution in [2.24, 2.45) is 0 Å². The van der Waals surface area contributed by atoms with Crippen LogP contribution in [0.2, 0.25) is 0 Å². The van der Waals surface area contributed by atoms with E-state index in [2.05, 4.69) is 0 Å². The lowest BCUT2D eigenvalue weighted by atomic mass is 10.0. The summed E-state index contributed by atoms with van der Waals surface area (Å²) in [6.45, 7) is 5.67. The Kier molecular flexibility index (Phi) is 13.0. The molecule has 1 N–H and O–H groups in total. The Morgan fingerprint density at radius 3 is 1.74 bits per heavy atom. The van der Waals surface area contributed by atoms with E-state index in [9.17, 15) is 9.59 Å². The first-order valence-corrected chi connectivity index (χ1v) is 9.21. The first-order chi connectivity index (χ1) is 10.9. The minimum atomic E-state index is -0.852. The fourth-order valence-electron chi connectivity index (χ4n) is 2.63. The maximum atomic E-state index is 11.2. The zero-order valence-electron chi connectivity index (χ0n) is 15.3. The van der Waals surface area contributed by atoms with Gasteiger partial charge in [0, 0.05) is 6.42 Å². The second kappa shape index (κ2) is 13.5. The molecule has 0 aromatic heterocycles. The van der Waals surface area contributed by atoms with Crippen LogP contribution in [0.3, 0.4) is 0 Å². The molecule has 1 atom stereocenters. The van der Waals surface area contributed by atoms with Crippen LogP contribution in [-0.4, -0.2) is 29.1 Å². The molecule has 0 aliphatic rings. The molecule has 0 amide bonds. The first-order valence-electron chi connectivity index (χ1n) is 9.21. The number of carbonyl (C=O) groups is 2. The molecule has 0 heterocycles. The summed E-state index contributed by atoms with van der Waals surface area (Å²) < 4.78 is 5.58. The van der Waals surface area contributed by atoms with E-state index in [0.29, 0.717) is 12.8 Å². The Balaban J connectivity index is 3.46. The third kappa shape index (κ3) is 15.8. The van der Waals surface area contributed by atoms with Crippen LogP contribution < -0.4 is 0 Å². The number of aldehydes is 1. The molecule has 136 valence electrons. The molecule has 0 rings (SSSR count). The number of hydrogen-bond donors (Lipinski definition) is 1. The van der Waals surface area contributed by atoms with E-state index in [-0.39, 0.29) is 0 Å². The summed E-state index contributed by atoms with van der Waals surface area (Å²) in [5, 5.41) is 9.17. The highest BCUT2D eigenvalue weighted by molar-refractivity contribution is 5.72. The predicted molar refractivity (Wildman–Crippen MR) is 93.7 cm³/mol. The van der Waals surface area contributed by atoms with Crippen molar-refractivity contribution in [3.05, 3.63) is 0 Å². The Bertz CT molecular complexity index is 307. The summed E-state index contributed by atoms with van der Waals surface area (Å²) in [7, 11) is 0. The van der Waals surface area contributed by atoms with Gasteiger partial charge in [0.15, 0.2) is 6.10 Å². The Hall–Kier alpha value is -0.900. The van der Waals surface area contributed by atoms with Gasteiger partial charge in [-0.3, -0.25) is 0 Å². The molecule has 4 nitrogen and oxygen atoms in total. The van der Waals surface area contributed by atoms with E-state index in [1.54, 1.807) is 0 Å². The molecule has 0 fully saturated rings. The number of carbonyl (C=O) groups excluding carboxylic acids is 1. The van der Waals surface area contributed by atoms with Crippen LogP contribution in [0, 0.1) is 0 Å². The third-order valence-electron chi connectivity index (χ3n) is 3.81. The highest BCUT2D eigenvalue weighted by Crippen LogP contribution is 2.17. The predicted octanol–water partition coefficient (Wildman–Crippen LogP) is 5.13. The molecule has 0 saturated heterocycles. The normalized spacial score (nSPS) is 13.0. The van der Waals surface area contributed by atoms with Gasteiger partial charge < -0.3 is 14.6 Å². The van der Waals surface area contributed by atoms with Gasteiger partial charge in [-0.2, -0.15) is 0 Å². The van der Waals surface area contributed by atoms with Gasteiger partial charge in [0.25, 0.3) is 0 Å². The van der Waals surface area contributed by atoms with Gasteiger partial charge in [-0.1, -0.05) is 57.8 Å². The second-order valence-electron chi connectivity index (χ2n) is 7.34. The monoisotopic (exact) mass is 328 g/mol. The molecule has 1 unspecified atom stereocenters. The van der Waals surface area contributed by atoms with Gasteiger partial charge in [0.05, 0.1) is 5.60 Å². The number of unbranched alkanes of at least 4 members (excludes halogenated alkanes) is 10. The molecule has 0 spiro atoms. The molecular formula is C19H36O4. The van der Waals surface area contributed by atoms with Crippen LogP contribution in [0.5, 0.6) is 0 Å². The van der Waals surface area contributed by atoms with Crippen molar-refractivity contribution < 1.29 is 19.4 Å². The van der Waals surface area contributed by atoms with Gasteiger partial charge in [0.2, 0.25) is 0 Å². The molecule has 0 bridgehead atoms. The number of aliphatic carboxylic acids is 1. The van der Waals surface area contributed by atoms with E-state index < -0.39 is 17.7 Å². The summed E-state index contributed by atoms with van der Waals surface area (Å²) >= 11 is 0.